The van der Waals surface area contributed by atoms with Crippen molar-refractivity contribution < 1.29 is 32.5 Å². The molecule has 2 aromatic rings. The van der Waals surface area contributed by atoms with Gasteiger partial charge in [0, 0.05) is 20.5 Å². The molecular weight excluding hydrogens is 551 g/mol. The number of nitrogens with zero attached hydrogens (tertiary/aromatic N) is 5. The highest BCUT2D eigenvalue weighted by Crippen LogP contribution is 2.35. The van der Waals surface area contributed by atoms with Gasteiger partial charge in [-0.3, -0.25) is 14.6 Å². The van der Waals surface area contributed by atoms with Crippen LogP contribution in [0.1, 0.15) is 25.3 Å². The summed E-state index contributed by atoms with van der Waals surface area (Å²) in [5.74, 6) is 2.72. The Morgan fingerprint density at radius 2 is 2.24 bits per heavy atom. The predicted octanol–water partition coefficient (Wildman–Crippen LogP) is 1.39. The number of halogens is 3. The summed E-state index contributed by atoms with van der Waals surface area (Å²) in [7, 11) is 6.49. The summed E-state index contributed by atoms with van der Waals surface area (Å²) < 4.78 is 50.5. The van der Waals surface area contributed by atoms with Crippen molar-refractivity contribution in [2.24, 2.45) is 4.99 Å². The summed E-state index contributed by atoms with van der Waals surface area (Å²) in [6, 6.07) is 0. The second-order valence-corrected chi connectivity index (χ2v) is 10.9. The Hall–Kier alpha value is -2.78. The van der Waals surface area contributed by atoms with Gasteiger partial charge in [0.25, 0.3) is 5.56 Å². The Balaban J connectivity index is 1.99. The Morgan fingerprint density at radius 1 is 1.50 bits per heavy atom. The monoisotopic (exact) mass is 577 g/mol. The molecule has 0 unspecified atom stereocenters. The maximum absolute atomic E-state index is 12.9. The van der Waals surface area contributed by atoms with Crippen molar-refractivity contribution in [3.05, 3.63) is 16.0 Å². The number of aliphatic imine (C=N–C) groups is 1. The highest BCUT2D eigenvalue weighted by atomic mass is 33.1. The van der Waals surface area contributed by atoms with Crippen molar-refractivity contribution in [1.82, 2.24) is 30.0 Å². The third kappa shape index (κ3) is 7.41. The van der Waals surface area contributed by atoms with E-state index in [4.69, 9.17) is 9.47 Å². The minimum atomic E-state index is -5.05. The Bertz CT molecular complexity index is 1290. The lowest BCUT2D eigenvalue weighted by molar-refractivity contribution is -0.173. The first-order valence-corrected chi connectivity index (χ1v) is 13.7. The predicted molar refractivity (Wildman–Crippen MR) is 137 cm³/mol. The van der Waals surface area contributed by atoms with Crippen molar-refractivity contribution in [1.29, 1.82) is 0 Å². The van der Waals surface area contributed by atoms with Crippen LogP contribution in [-0.2, 0) is 14.3 Å². The second kappa shape index (κ2) is 12.8. The molecule has 38 heavy (non-hydrogen) atoms. The number of ether oxygens (including phenoxy) is 2. The summed E-state index contributed by atoms with van der Waals surface area (Å²) in [6.45, 7) is 0.916. The average Bonchev–Trinajstić information content (AvgIpc) is 3.41. The van der Waals surface area contributed by atoms with Crippen LogP contribution in [0.5, 0.6) is 0 Å². The highest BCUT2D eigenvalue weighted by Gasteiger charge is 2.40. The number of aromatic amines is 1. The lowest BCUT2D eigenvalue weighted by Gasteiger charge is -2.20. The molecule has 3 heterocycles. The fourth-order valence-electron chi connectivity index (χ4n) is 3.47. The number of hydrogen-bond donors (Lipinski definition) is 3. The smallest absolute Gasteiger partial charge is 0.394 e. The number of rotatable bonds is 9. The molecule has 208 valence electrons. The Kier molecular flexibility index (Phi) is 10.1. The third-order valence-electron chi connectivity index (χ3n) is 4.99. The van der Waals surface area contributed by atoms with Crippen LogP contribution in [0, 0.1) is 11.8 Å². The molecule has 0 aliphatic carbocycles. The molecule has 0 radical (unpaired) electrons. The van der Waals surface area contributed by atoms with Gasteiger partial charge >= 0.3 is 12.1 Å². The van der Waals surface area contributed by atoms with Gasteiger partial charge in [-0.25, -0.2) is 9.67 Å². The van der Waals surface area contributed by atoms with Gasteiger partial charge in [0.2, 0.25) is 5.95 Å². The SMILES string of the molecule is CSS[C@H](C)O[C@@H]1C[C@H](n2nc(C#CCNC(=O)C(F)(F)F)c3c(=O)[nH]c(/N=C\N(C)C)nc32)O[C@@H]1CO. The van der Waals surface area contributed by atoms with Crippen LogP contribution >= 0.6 is 21.6 Å². The van der Waals surface area contributed by atoms with Crippen LogP contribution in [0.2, 0.25) is 0 Å². The first-order chi connectivity index (χ1) is 17.9. The topological polar surface area (TPSA) is 147 Å². The molecule has 12 nitrogen and oxygen atoms in total. The van der Waals surface area contributed by atoms with E-state index < -0.39 is 42.6 Å². The van der Waals surface area contributed by atoms with Crippen LogP contribution in [0.25, 0.3) is 11.0 Å². The number of amides is 1. The zero-order chi connectivity index (χ0) is 28.0. The van der Waals surface area contributed by atoms with Gasteiger partial charge in [-0.15, -0.1) is 0 Å². The summed E-state index contributed by atoms with van der Waals surface area (Å²) >= 11 is 0. The first-order valence-electron chi connectivity index (χ1n) is 11.1. The molecule has 2 aromatic heterocycles. The zero-order valence-corrected chi connectivity index (χ0v) is 22.4. The molecule has 0 aromatic carbocycles. The van der Waals surface area contributed by atoms with E-state index in [-0.39, 0.29) is 41.1 Å². The van der Waals surface area contributed by atoms with Crippen LogP contribution in [0.4, 0.5) is 19.1 Å². The van der Waals surface area contributed by atoms with E-state index >= 15 is 0 Å². The van der Waals surface area contributed by atoms with E-state index in [1.54, 1.807) is 24.3 Å². The Morgan fingerprint density at radius 3 is 2.87 bits per heavy atom. The largest absolute Gasteiger partial charge is 0.471 e. The van der Waals surface area contributed by atoms with E-state index in [0.717, 1.165) is 0 Å². The lowest BCUT2D eigenvalue weighted by atomic mass is 10.2. The molecule has 1 amide bonds. The summed E-state index contributed by atoms with van der Waals surface area (Å²) in [6.07, 6.45) is -3.41. The maximum atomic E-state index is 12.9. The quantitative estimate of drug-likeness (QED) is 0.131. The van der Waals surface area contributed by atoms with Crippen molar-refractivity contribution >= 4 is 50.8 Å². The molecule has 0 saturated carbocycles. The van der Waals surface area contributed by atoms with Gasteiger partial charge in [0.05, 0.1) is 25.6 Å². The fourth-order valence-corrected chi connectivity index (χ4v) is 4.88. The lowest BCUT2D eigenvalue weighted by Crippen LogP contribution is -2.36. The first kappa shape index (κ1) is 29.8. The van der Waals surface area contributed by atoms with Crippen molar-refractivity contribution in [3.63, 3.8) is 0 Å². The normalized spacial score (nSPS) is 20.5. The molecule has 3 rings (SSSR count). The van der Waals surface area contributed by atoms with E-state index in [1.807, 2.05) is 13.2 Å². The number of aromatic nitrogens is 4. The van der Waals surface area contributed by atoms with Crippen molar-refractivity contribution in [2.45, 2.75) is 43.4 Å². The maximum Gasteiger partial charge on any atom is 0.471 e. The van der Waals surface area contributed by atoms with Gasteiger partial charge in [0.15, 0.2) is 17.6 Å². The minimum Gasteiger partial charge on any atom is -0.394 e. The number of alkyl halides is 3. The fraction of sp³-hybridized carbons (Fsp3) is 0.571. The van der Waals surface area contributed by atoms with Gasteiger partial charge in [-0.2, -0.15) is 23.3 Å². The van der Waals surface area contributed by atoms with E-state index in [9.17, 15) is 27.9 Å². The summed E-state index contributed by atoms with van der Waals surface area (Å²) in [4.78, 5) is 36.6. The summed E-state index contributed by atoms with van der Waals surface area (Å²) in [5.41, 5.74) is -0.845. The number of carbonyl (C=O) groups excluding carboxylic acids is 1. The van der Waals surface area contributed by atoms with E-state index in [0.29, 0.717) is 0 Å². The molecule has 4 atom stereocenters. The second-order valence-electron chi connectivity index (χ2n) is 8.12. The summed E-state index contributed by atoms with van der Waals surface area (Å²) in [5, 5.41) is 15.8. The van der Waals surface area contributed by atoms with Crippen LogP contribution in [0.3, 0.4) is 0 Å². The molecule has 3 N–H and O–H groups in total. The molecular formula is C21H26F3N7O5S2. The molecule has 1 aliphatic heterocycles. The van der Waals surface area contributed by atoms with E-state index in [1.165, 1.54) is 32.6 Å². The standard InChI is InChI=1S/C21H26F3N7O5S2/c1-11(38-37-4)35-13-8-15(36-14(13)9-32)31-17-16(18(33)28-20(27-17)26-10-30(2)3)12(29-31)6-5-7-25-19(34)21(22,23)24/h10-11,13-15,32H,7-9H2,1-4H3,(H,25,34)(H,27,28,33)/b26-10-/t11-,13-,14-,15-/m1/s1. The number of fused-ring (bicyclic) bond motifs is 1. The number of aliphatic hydroxyl groups excluding tert-OH is 1. The third-order valence-corrected chi connectivity index (χ3v) is 6.96. The van der Waals surface area contributed by atoms with Crippen LogP contribution in [0.15, 0.2) is 9.79 Å². The molecule has 1 saturated heterocycles. The molecule has 1 fully saturated rings. The van der Waals surface area contributed by atoms with Crippen molar-refractivity contribution in [3.8, 4) is 11.8 Å². The number of aliphatic hydroxyl groups is 1. The van der Waals surface area contributed by atoms with Crippen molar-refractivity contribution in [2.75, 3.05) is 33.5 Å². The van der Waals surface area contributed by atoms with E-state index in [2.05, 4.69) is 31.9 Å². The van der Waals surface area contributed by atoms with Gasteiger partial charge in [-0.1, -0.05) is 27.5 Å². The molecule has 0 bridgehead atoms. The average molecular weight is 578 g/mol. The minimum absolute atomic E-state index is 0.0243. The number of hydrogen-bond acceptors (Lipinski definition) is 10. The molecule has 1 aliphatic rings. The van der Waals surface area contributed by atoms with Crippen LogP contribution < -0.4 is 10.9 Å². The number of H-pyrrole nitrogens is 1. The van der Waals surface area contributed by atoms with Gasteiger partial charge in [0.1, 0.15) is 16.9 Å². The van der Waals surface area contributed by atoms with Gasteiger partial charge < -0.3 is 24.8 Å². The Labute approximate surface area is 223 Å². The zero-order valence-electron chi connectivity index (χ0n) is 20.8. The molecule has 0 spiro atoms. The highest BCUT2D eigenvalue weighted by molar-refractivity contribution is 8.76. The van der Waals surface area contributed by atoms with Crippen LogP contribution in [-0.4, -0.2) is 99.3 Å². The van der Waals surface area contributed by atoms with Gasteiger partial charge in [-0.05, 0) is 19.1 Å². The molecule has 17 heteroatoms. The number of nitrogens with one attached hydrogen (secondary N) is 2. The number of carbonyl (C=O) groups is 1.